The van der Waals surface area contributed by atoms with Crippen molar-refractivity contribution >= 4 is 28.6 Å². The standard InChI is InChI=1S/C12H20N6OS/c13-10-14-11(17-4-2-1-3-5-17)16-12(15-10)18-6-8-20(19)9-7-18/h1-9H2,(H2,13,14,15,16). The second-order valence-electron chi connectivity index (χ2n) is 5.18. The minimum absolute atomic E-state index is 0.266. The fourth-order valence-corrected chi connectivity index (χ4v) is 3.64. The van der Waals surface area contributed by atoms with Crippen LogP contribution in [0.3, 0.4) is 0 Å². The molecular weight excluding hydrogens is 276 g/mol. The van der Waals surface area contributed by atoms with Gasteiger partial charge in [-0.15, -0.1) is 0 Å². The van der Waals surface area contributed by atoms with Gasteiger partial charge in [0.25, 0.3) is 0 Å². The number of nitrogens with two attached hydrogens (primary N) is 1. The van der Waals surface area contributed by atoms with Crippen molar-refractivity contribution in [2.45, 2.75) is 19.3 Å². The summed E-state index contributed by atoms with van der Waals surface area (Å²) < 4.78 is 11.4. The SMILES string of the molecule is Nc1nc(N2CCCCC2)nc(N2CCS(=O)CC2)n1. The zero-order chi connectivity index (χ0) is 13.9. The molecule has 3 rings (SSSR count). The van der Waals surface area contributed by atoms with Crippen molar-refractivity contribution in [3.63, 3.8) is 0 Å². The minimum atomic E-state index is -0.704. The van der Waals surface area contributed by atoms with E-state index in [9.17, 15) is 4.21 Å². The molecule has 20 heavy (non-hydrogen) atoms. The molecule has 0 spiro atoms. The summed E-state index contributed by atoms with van der Waals surface area (Å²) in [5.74, 6) is 2.91. The molecule has 8 heteroatoms. The maximum absolute atomic E-state index is 11.4. The van der Waals surface area contributed by atoms with Crippen LogP contribution in [0.2, 0.25) is 0 Å². The van der Waals surface area contributed by atoms with Crippen LogP contribution in [0.4, 0.5) is 17.8 Å². The van der Waals surface area contributed by atoms with Crippen molar-refractivity contribution in [1.29, 1.82) is 0 Å². The third-order valence-electron chi connectivity index (χ3n) is 3.73. The lowest BCUT2D eigenvalue weighted by molar-refractivity contribution is 0.567. The molecule has 0 aliphatic carbocycles. The van der Waals surface area contributed by atoms with Crippen molar-refractivity contribution in [1.82, 2.24) is 15.0 Å². The third kappa shape index (κ3) is 3.00. The number of hydrogen-bond donors (Lipinski definition) is 1. The molecule has 2 saturated heterocycles. The van der Waals surface area contributed by atoms with Crippen LogP contribution in [-0.4, -0.2) is 56.8 Å². The van der Waals surface area contributed by atoms with E-state index < -0.39 is 10.8 Å². The van der Waals surface area contributed by atoms with E-state index in [0.717, 1.165) is 26.2 Å². The van der Waals surface area contributed by atoms with E-state index >= 15 is 0 Å². The van der Waals surface area contributed by atoms with Gasteiger partial charge in [0.2, 0.25) is 17.8 Å². The van der Waals surface area contributed by atoms with Gasteiger partial charge in [0.1, 0.15) is 0 Å². The van der Waals surface area contributed by atoms with E-state index in [1.807, 2.05) is 4.90 Å². The molecule has 0 radical (unpaired) electrons. The molecule has 3 heterocycles. The highest BCUT2D eigenvalue weighted by Crippen LogP contribution is 2.20. The van der Waals surface area contributed by atoms with Crippen LogP contribution in [0.15, 0.2) is 0 Å². The molecule has 0 aromatic carbocycles. The molecular formula is C12H20N6OS. The number of piperidine rings is 1. The Bertz CT molecular complexity index is 495. The third-order valence-corrected chi connectivity index (χ3v) is 5.00. The van der Waals surface area contributed by atoms with E-state index in [1.165, 1.54) is 19.3 Å². The molecule has 1 aromatic rings. The summed E-state index contributed by atoms with van der Waals surface area (Å²) in [5.41, 5.74) is 5.82. The summed E-state index contributed by atoms with van der Waals surface area (Å²) in [7, 11) is -0.704. The maximum Gasteiger partial charge on any atom is 0.232 e. The summed E-state index contributed by atoms with van der Waals surface area (Å²) >= 11 is 0. The molecule has 0 atom stereocenters. The van der Waals surface area contributed by atoms with Crippen LogP contribution in [-0.2, 0) is 10.8 Å². The Balaban J connectivity index is 1.80. The van der Waals surface area contributed by atoms with Crippen molar-refractivity contribution in [3.05, 3.63) is 0 Å². The predicted octanol–water partition coefficient (Wildman–Crippen LogP) is 0.0128. The van der Waals surface area contributed by atoms with Gasteiger partial charge in [-0.25, -0.2) is 0 Å². The average Bonchev–Trinajstić information content (AvgIpc) is 2.48. The lowest BCUT2D eigenvalue weighted by Crippen LogP contribution is -2.39. The quantitative estimate of drug-likeness (QED) is 0.822. The maximum atomic E-state index is 11.4. The molecule has 7 nitrogen and oxygen atoms in total. The topological polar surface area (TPSA) is 88.2 Å². The van der Waals surface area contributed by atoms with Crippen molar-refractivity contribution < 1.29 is 4.21 Å². The summed E-state index contributed by atoms with van der Waals surface area (Å²) in [6.07, 6.45) is 3.61. The highest BCUT2D eigenvalue weighted by Gasteiger charge is 2.21. The average molecular weight is 296 g/mol. The Kier molecular flexibility index (Phi) is 4.00. The fourth-order valence-electron chi connectivity index (χ4n) is 2.58. The fraction of sp³-hybridized carbons (Fsp3) is 0.750. The number of nitrogen functional groups attached to an aromatic ring is 1. The van der Waals surface area contributed by atoms with E-state index in [4.69, 9.17) is 5.73 Å². The molecule has 0 bridgehead atoms. The van der Waals surface area contributed by atoms with E-state index in [1.54, 1.807) is 0 Å². The summed E-state index contributed by atoms with van der Waals surface area (Å²) in [5, 5.41) is 0. The van der Waals surface area contributed by atoms with E-state index in [2.05, 4.69) is 19.9 Å². The zero-order valence-corrected chi connectivity index (χ0v) is 12.3. The van der Waals surface area contributed by atoms with Crippen LogP contribution in [0.25, 0.3) is 0 Å². The van der Waals surface area contributed by atoms with Crippen LogP contribution in [0.5, 0.6) is 0 Å². The minimum Gasteiger partial charge on any atom is -0.368 e. The van der Waals surface area contributed by atoms with Crippen molar-refractivity contribution in [2.75, 3.05) is 53.2 Å². The molecule has 110 valence electrons. The first-order valence-electron chi connectivity index (χ1n) is 7.09. The number of aromatic nitrogens is 3. The van der Waals surface area contributed by atoms with Gasteiger partial charge in [-0.05, 0) is 19.3 Å². The van der Waals surface area contributed by atoms with Crippen LogP contribution in [0.1, 0.15) is 19.3 Å². The number of rotatable bonds is 2. The number of anilines is 3. The van der Waals surface area contributed by atoms with E-state index in [-0.39, 0.29) is 5.95 Å². The molecule has 0 saturated carbocycles. The van der Waals surface area contributed by atoms with Gasteiger partial charge >= 0.3 is 0 Å². The molecule has 2 fully saturated rings. The molecule has 0 unspecified atom stereocenters. The number of hydrogen-bond acceptors (Lipinski definition) is 7. The zero-order valence-electron chi connectivity index (χ0n) is 11.5. The monoisotopic (exact) mass is 296 g/mol. The first-order chi connectivity index (χ1) is 9.72. The van der Waals surface area contributed by atoms with Gasteiger partial charge < -0.3 is 15.5 Å². The molecule has 2 aliphatic rings. The van der Waals surface area contributed by atoms with Gasteiger partial charge in [0.15, 0.2) is 0 Å². The van der Waals surface area contributed by atoms with Gasteiger partial charge in [-0.2, -0.15) is 15.0 Å². The van der Waals surface area contributed by atoms with Gasteiger partial charge in [-0.1, -0.05) is 0 Å². The highest BCUT2D eigenvalue weighted by atomic mass is 32.2. The first-order valence-corrected chi connectivity index (χ1v) is 8.57. The van der Waals surface area contributed by atoms with Crippen LogP contribution < -0.4 is 15.5 Å². The summed E-state index contributed by atoms with van der Waals surface area (Å²) in [4.78, 5) is 17.3. The Labute approximate surface area is 121 Å². The largest absolute Gasteiger partial charge is 0.368 e. The lowest BCUT2D eigenvalue weighted by atomic mass is 10.1. The lowest BCUT2D eigenvalue weighted by Gasteiger charge is -2.29. The smallest absolute Gasteiger partial charge is 0.232 e. The Morgan fingerprint density at radius 1 is 0.850 bits per heavy atom. The summed E-state index contributed by atoms with van der Waals surface area (Å²) in [6, 6.07) is 0. The molecule has 2 aliphatic heterocycles. The molecule has 1 aromatic heterocycles. The van der Waals surface area contributed by atoms with Crippen LogP contribution in [0, 0.1) is 0 Å². The Morgan fingerprint density at radius 3 is 2.00 bits per heavy atom. The first kappa shape index (κ1) is 13.5. The van der Waals surface area contributed by atoms with E-state index in [0.29, 0.717) is 23.4 Å². The van der Waals surface area contributed by atoms with Gasteiger partial charge in [0.05, 0.1) is 0 Å². The highest BCUT2D eigenvalue weighted by molar-refractivity contribution is 7.85. The van der Waals surface area contributed by atoms with Crippen LogP contribution >= 0.6 is 0 Å². The normalized spacial score (nSPS) is 21.2. The van der Waals surface area contributed by atoms with Crippen molar-refractivity contribution in [3.8, 4) is 0 Å². The Morgan fingerprint density at radius 2 is 1.40 bits per heavy atom. The summed E-state index contributed by atoms with van der Waals surface area (Å²) in [6.45, 7) is 3.39. The molecule has 0 amide bonds. The van der Waals surface area contributed by atoms with Crippen molar-refractivity contribution in [2.24, 2.45) is 0 Å². The molecule has 2 N–H and O–H groups in total. The second kappa shape index (κ2) is 5.90. The predicted molar refractivity (Wildman–Crippen MR) is 80.4 cm³/mol. The number of nitrogens with zero attached hydrogens (tertiary/aromatic N) is 5. The second-order valence-corrected chi connectivity index (χ2v) is 6.87. The van der Waals surface area contributed by atoms with Gasteiger partial charge in [0, 0.05) is 48.5 Å². The Hall–Kier alpha value is -1.44. The van der Waals surface area contributed by atoms with Gasteiger partial charge in [-0.3, -0.25) is 4.21 Å².